The Morgan fingerprint density at radius 3 is 2.76 bits per heavy atom. The summed E-state index contributed by atoms with van der Waals surface area (Å²) in [5, 5.41) is 10.2. The number of ether oxygens (including phenoxy) is 1. The van der Waals surface area contributed by atoms with E-state index in [9.17, 15) is 0 Å². The second-order valence-corrected chi connectivity index (χ2v) is 5.13. The number of hydrogen-bond acceptors (Lipinski definition) is 4. The van der Waals surface area contributed by atoms with Gasteiger partial charge in [-0.05, 0) is 44.0 Å². The fraction of sp³-hybridized carbons (Fsp3) is 0.500. The molecule has 0 aliphatic heterocycles. The van der Waals surface area contributed by atoms with Crippen molar-refractivity contribution in [2.75, 3.05) is 13.2 Å². The minimum absolute atomic E-state index is 0.333. The lowest BCUT2D eigenvalue weighted by Gasteiger charge is -2.14. The van der Waals surface area contributed by atoms with Gasteiger partial charge in [0.2, 0.25) is 0 Å². The third-order valence-electron chi connectivity index (χ3n) is 3.36. The molecule has 114 valence electrons. The molecule has 1 heterocycles. The van der Waals surface area contributed by atoms with Crippen molar-refractivity contribution in [2.24, 2.45) is 0 Å². The molecule has 0 amide bonds. The highest BCUT2D eigenvalue weighted by Crippen LogP contribution is 2.17. The summed E-state index contributed by atoms with van der Waals surface area (Å²) in [7, 11) is 0. The minimum Gasteiger partial charge on any atom is -0.494 e. The van der Waals surface area contributed by atoms with E-state index in [1.165, 1.54) is 5.56 Å². The molecule has 2 N–H and O–H groups in total. The molecule has 0 aliphatic carbocycles. The highest BCUT2D eigenvalue weighted by Gasteiger charge is 2.05. The van der Waals surface area contributed by atoms with Crippen LogP contribution in [0.3, 0.4) is 0 Å². The van der Waals surface area contributed by atoms with Crippen molar-refractivity contribution in [2.45, 2.75) is 39.2 Å². The van der Waals surface area contributed by atoms with Crippen molar-refractivity contribution in [1.82, 2.24) is 20.5 Å². The molecule has 0 aliphatic rings. The van der Waals surface area contributed by atoms with Gasteiger partial charge in [0.15, 0.2) is 0 Å². The van der Waals surface area contributed by atoms with Crippen LogP contribution < -0.4 is 10.1 Å². The largest absolute Gasteiger partial charge is 0.494 e. The standard InChI is InChI=1S/C16H24N4O/c1-3-11-21-15-8-6-14(7-9-15)13(2)17-10-4-5-16-18-12-19-20-16/h6-9,12-13,17H,3-5,10-11H2,1-2H3,(H,18,19,20). The van der Waals surface area contributed by atoms with E-state index >= 15 is 0 Å². The fourth-order valence-electron chi connectivity index (χ4n) is 2.12. The zero-order chi connectivity index (χ0) is 14.9. The summed E-state index contributed by atoms with van der Waals surface area (Å²) in [6, 6.07) is 8.66. The third kappa shape index (κ3) is 5.19. The molecule has 0 fully saturated rings. The summed E-state index contributed by atoms with van der Waals surface area (Å²) in [4.78, 5) is 4.12. The topological polar surface area (TPSA) is 62.8 Å². The van der Waals surface area contributed by atoms with Crippen molar-refractivity contribution >= 4 is 0 Å². The number of nitrogens with one attached hydrogen (secondary N) is 2. The number of aryl methyl sites for hydroxylation is 1. The van der Waals surface area contributed by atoms with Gasteiger partial charge < -0.3 is 10.1 Å². The van der Waals surface area contributed by atoms with E-state index in [1.807, 2.05) is 12.1 Å². The van der Waals surface area contributed by atoms with Crippen LogP contribution in [-0.4, -0.2) is 28.3 Å². The van der Waals surface area contributed by atoms with Crippen molar-refractivity contribution in [3.05, 3.63) is 42.0 Å². The molecule has 0 saturated carbocycles. The van der Waals surface area contributed by atoms with Crippen molar-refractivity contribution in [3.63, 3.8) is 0 Å². The SMILES string of the molecule is CCCOc1ccc(C(C)NCCCc2ncn[nH]2)cc1. The number of H-pyrrole nitrogens is 1. The fourth-order valence-corrected chi connectivity index (χ4v) is 2.12. The van der Waals surface area contributed by atoms with E-state index in [0.29, 0.717) is 6.04 Å². The lowest BCUT2D eigenvalue weighted by molar-refractivity contribution is 0.317. The summed E-state index contributed by atoms with van der Waals surface area (Å²) in [6.07, 6.45) is 4.54. The number of rotatable bonds is 9. The molecule has 0 radical (unpaired) electrons. The quantitative estimate of drug-likeness (QED) is 0.696. The molecule has 0 saturated heterocycles. The second kappa shape index (κ2) is 8.42. The first-order chi connectivity index (χ1) is 10.3. The van der Waals surface area contributed by atoms with E-state index in [0.717, 1.165) is 44.0 Å². The van der Waals surface area contributed by atoms with Crippen LogP contribution in [0, 0.1) is 0 Å². The first kappa shape index (κ1) is 15.5. The third-order valence-corrected chi connectivity index (χ3v) is 3.36. The van der Waals surface area contributed by atoms with E-state index in [1.54, 1.807) is 6.33 Å². The van der Waals surface area contributed by atoms with Crippen molar-refractivity contribution in [1.29, 1.82) is 0 Å². The maximum atomic E-state index is 5.59. The van der Waals surface area contributed by atoms with Crippen molar-refractivity contribution in [3.8, 4) is 5.75 Å². The maximum absolute atomic E-state index is 5.59. The summed E-state index contributed by atoms with van der Waals surface area (Å²) in [5.74, 6) is 1.89. The Morgan fingerprint density at radius 1 is 1.29 bits per heavy atom. The van der Waals surface area contributed by atoms with Gasteiger partial charge in [0.25, 0.3) is 0 Å². The minimum atomic E-state index is 0.333. The summed E-state index contributed by atoms with van der Waals surface area (Å²) >= 11 is 0. The Hall–Kier alpha value is -1.88. The molecule has 0 bridgehead atoms. The summed E-state index contributed by atoms with van der Waals surface area (Å²) in [6.45, 7) is 6.01. The predicted octanol–water partition coefficient (Wildman–Crippen LogP) is 2.88. The smallest absolute Gasteiger partial charge is 0.137 e. The number of aromatic amines is 1. The molecule has 1 aromatic heterocycles. The Labute approximate surface area is 126 Å². The average molecular weight is 288 g/mol. The number of nitrogens with zero attached hydrogens (tertiary/aromatic N) is 2. The molecule has 1 unspecified atom stereocenters. The molecular formula is C16H24N4O. The van der Waals surface area contributed by atoms with E-state index in [2.05, 4.69) is 46.5 Å². The Morgan fingerprint density at radius 2 is 2.10 bits per heavy atom. The predicted molar refractivity (Wildman–Crippen MR) is 83.3 cm³/mol. The molecule has 5 heteroatoms. The lowest BCUT2D eigenvalue weighted by Crippen LogP contribution is -2.20. The van der Waals surface area contributed by atoms with Gasteiger partial charge in [-0.1, -0.05) is 19.1 Å². The molecule has 21 heavy (non-hydrogen) atoms. The van der Waals surface area contributed by atoms with Crippen LogP contribution in [0.2, 0.25) is 0 Å². The van der Waals surface area contributed by atoms with Crippen LogP contribution in [0.15, 0.2) is 30.6 Å². The molecule has 0 spiro atoms. The van der Waals surface area contributed by atoms with Gasteiger partial charge in [0, 0.05) is 12.5 Å². The highest BCUT2D eigenvalue weighted by atomic mass is 16.5. The van der Waals surface area contributed by atoms with Crippen LogP contribution >= 0.6 is 0 Å². The van der Waals surface area contributed by atoms with Gasteiger partial charge in [-0.25, -0.2) is 4.98 Å². The van der Waals surface area contributed by atoms with Gasteiger partial charge in [-0.15, -0.1) is 0 Å². The number of aromatic nitrogens is 3. The lowest BCUT2D eigenvalue weighted by atomic mass is 10.1. The van der Waals surface area contributed by atoms with Gasteiger partial charge >= 0.3 is 0 Å². The molecule has 2 rings (SSSR count). The molecule has 2 aromatic rings. The first-order valence-corrected chi connectivity index (χ1v) is 7.60. The number of benzene rings is 1. The molecular weight excluding hydrogens is 264 g/mol. The van der Waals surface area contributed by atoms with E-state index < -0.39 is 0 Å². The highest BCUT2D eigenvalue weighted by molar-refractivity contribution is 5.28. The van der Waals surface area contributed by atoms with Gasteiger partial charge in [0.1, 0.15) is 17.9 Å². The zero-order valence-corrected chi connectivity index (χ0v) is 12.8. The van der Waals surface area contributed by atoms with Crippen LogP contribution in [0.4, 0.5) is 0 Å². The van der Waals surface area contributed by atoms with E-state index in [-0.39, 0.29) is 0 Å². The maximum Gasteiger partial charge on any atom is 0.137 e. The summed E-state index contributed by atoms with van der Waals surface area (Å²) < 4.78 is 5.59. The first-order valence-electron chi connectivity index (χ1n) is 7.60. The van der Waals surface area contributed by atoms with E-state index in [4.69, 9.17) is 4.74 Å². The average Bonchev–Trinajstić information content (AvgIpc) is 3.03. The molecule has 1 aromatic carbocycles. The zero-order valence-electron chi connectivity index (χ0n) is 12.8. The Bertz CT molecular complexity index is 496. The van der Waals surface area contributed by atoms with Crippen LogP contribution in [0.1, 0.15) is 44.1 Å². The van der Waals surface area contributed by atoms with Gasteiger partial charge in [0.05, 0.1) is 6.61 Å². The Balaban J connectivity index is 1.71. The molecule has 1 atom stereocenters. The normalized spacial score (nSPS) is 12.3. The van der Waals surface area contributed by atoms with Gasteiger partial charge in [-0.2, -0.15) is 5.10 Å². The van der Waals surface area contributed by atoms with Crippen LogP contribution in [0.5, 0.6) is 5.75 Å². The van der Waals surface area contributed by atoms with Gasteiger partial charge in [-0.3, -0.25) is 5.10 Å². The second-order valence-electron chi connectivity index (χ2n) is 5.13. The number of hydrogen-bond donors (Lipinski definition) is 2. The van der Waals surface area contributed by atoms with Crippen LogP contribution in [-0.2, 0) is 6.42 Å². The monoisotopic (exact) mass is 288 g/mol. The van der Waals surface area contributed by atoms with Crippen molar-refractivity contribution < 1.29 is 4.74 Å². The summed E-state index contributed by atoms with van der Waals surface area (Å²) in [5.41, 5.74) is 1.28. The van der Waals surface area contributed by atoms with Crippen LogP contribution in [0.25, 0.3) is 0 Å². The Kier molecular flexibility index (Phi) is 6.22. The molecule has 5 nitrogen and oxygen atoms in total.